The Kier molecular flexibility index (Phi) is 4.69. The number of H-pyrrole nitrogens is 1. The normalized spacial score (nSPS) is 14.5. The molecule has 0 radical (unpaired) electrons. The predicted molar refractivity (Wildman–Crippen MR) is 110 cm³/mol. The third-order valence-corrected chi connectivity index (χ3v) is 5.79. The number of fused-ring (bicyclic) bond motifs is 2. The van der Waals surface area contributed by atoms with Crippen molar-refractivity contribution in [1.82, 2.24) is 24.7 Å². The lowest BCUT2D eigenvalue weighted by atomic mass is 9.82. The molecule has 1 aliphatic carbocycles. The Hall–Kier alpha value is -3.29. The van der Waals surface area contributed by atoms with Gasteiger partial charge in [0.1, 0.15) is 17.0 Å². The Morgan fingerprint density at radius 3 is 2.90 bits per heavy atom. The second kappa shape index (κ2) is 7.51. The number of imidazole rings is 1. The molecule has 4 aromatic rings. The molecule has 0 spiro atoms. The summed E-state index contributed by atoms with van der Waals surface area (Å²) in [6.07, 6.45) is 7.40. The molecule has 4 heterocycles. The first-order valence-electron chi connectivity index (χ1n) is 10.1. The summed E-state index contributed by atoms with van der Waals surface area (Å²) < 4.78 is 26.5. The zero-order valence-electron chi connectivity index (χ0n) is 16.2. The monoisotopic (exact) mass is 409 g/mol. The number of aromatic nitrogens is 4. The second-order valence-corrected chi connectivity index (χ2v) is 7.79. The molecule has 0 bridgehead atoms. The highest BCUT2D eigenvalue weighted by Crippen LogP contribution is 2.32. The number of carbonyl (C=O) groups excluding carboxylic acids is 1. The first kappa shape index (κ1) is 18.7. The molecule has 0 atom stereocenters. The SMILES string of the molecule is O=C(NCC(F)F)c1cnc2ccc(-c3c[nH]c4nc(CC5CCC5)ccc34)cn12. The van der Waals surface area contributed by atoms with Gasteiger partial charge in [-0.25, -0.2) is 18.7 Å². The van der Waals surface area contributed by atoms with Crippen LogP contribution in [0, 0.1) is 5.92 Å². The molecule has 8 heteroatoms. The zero-order valence-corrected chi connectivity index (χ0v) is 16.2. The van der Waals surface area contributed by atoms with E-state index in [0.29, 0.717) is 5.65 Å². The van der Waals surface area contributed by atoms with Gasteiger partial charge < -0.3 is 10.3 Å². The summed E-state index contributed by atoms with van der Waals surface area (Å²) in [6.45, 7) is -0.691. The minimum atomic E-state index is -2.60. The number of nitrogens with zero attached hydrogens (tertiary/aromatic N) is 3. The molecule has 0 unspecified atom stereocenters. The highest BCUT2D eigenvalue weighted by Gasteiger charge is 2.19. The van der Waals surface area contributed by atoms with E-state index in [0.717, 1.165) is 40.2 Å². The number of hydrogen-bond donors (Lipinski definition) is 2. The molecule has 30 heavy (non-hydrogen) atoms. The molecule has 1 aliphatic rings. The molecule has 4 aromatic heterocycles. The van der Waals surface area contributed by atoms with E-state index in [1.165, 1.54) is 25.5 Å². The number of alkyl halides is 2. The fourth-order valence-corrected chi connectivity index (χ4v) is 3.96. The summed E-state index contributed by atoms with van der Waals surface area (Å²) >= 11 is 0. The topological polar surface area (TPSA) is 75.1 Å². The molecule has 1 amide bonds. The number of hydrogen-bond acceptors (Lipinski definition) is 3. The Labute approximate surface area is 171 Å². The van der Waals surface area contributed by atoms with Crippen molar-refractivity contribution in [2.24, 2.45) is 5.92 Å². The van der Waals surface area contributed by atoms with E-state index >= 15 is 0 Å². The zero-order chi connectivity index (χ0) is 20.7. The maximum absolute atomic E-state index is 12.4. The van der Waals surface area contributed by atoms with Crippen LogP contribution in [-0.4, -0.2) is 38.2 Å². The van der Waals surface area contributed by atoms with Crippen molar-refractivity contribution in [2.75, 3.05) is 6.54 Å². The number of pyridine rings is 2. The number of amides is 1. The van der Waals surface area contributed by atoms with E-state index in [-0.39, 0.29) is 5.69 Å². The van der Waals surface area contributed by atoms with Gasteiger partial charge in [0.15, 0.2) is 0 Å². The minimum Gasteiger partial charge on any atom is -0.346 e. The largest absolute Gasteiger partial charge is 0.346 e. The molecule has 1 saturated carbocycles. The van der Waals surface area contributed by atoms with Crippen LogP contribution < -0.4 is 5.32 Å². The van der Waals surface area contributed by atoms with Gasteiger partial charge in [-0.15, -0.1) is 0 Å². The van der Waals surface area contributed by atoms with Crippen molar-refractivity contribution in [3.8, 4) is 11.1 Å². The van der Waals surface area contributed by atoms with Gasteiger partial charge in [-0.1, -0.05) is 19.3 Å². The fraction of sp³-hybridized carbons (Fsp3) is 0.318. The van der Waals surface area contributed by atoms with Crippen LogP contribution >= 0.6 is 0 Å². The van der Waals surface area contributed by atoms with Gasteiger partial charge >= 0.3 is 0 Å². The minimum absolute atomic E-state index is 0.216. The van der Waals surface area contributed by atoms with E-state index in [1.807, 2.05) is 12.3 Å². The Bertz CT molecular complexity index is 1220. The van der Waals surface area contributed by atoms with Gasteiger partial charge in [0.2, 0.25) is 0 Å². The molecule has 1 fully saturated rings. The second-order valence-electron chi connectivity index (χ2n) is 7.79. The number of halogens is 2. The van der Waals surface area contributed by atoms with Crippen LogP contribution in [0.15, 0.2) is 42.9 Å². The van der Waals surface area contributed by atoms with Gasteiger partial charge in [0.25, 0.3) is 12.3 Å². The van der Waals surface area contributed by atoms with Crippen LogP contribution in [0.25, 0.3) is 27.8 Å². The average molecular weight is 409 g/mol. The summed E-state index contributed by atoms with van der Waals surface area (Å²) in [5.41, 5.74) is 4.56. The van der Waals surface area contributed by atoms with Crippen molar-refractivity contribution in [1.29, 1.82) is 0 Å². The lowest BCUT2D eigenvalue weighted by Gasteiger charge is -2.24. The van der Waals surface area contributed by atoms with Gasteiger partial charge in [-0.3, -0.25) is 9.20 Å². The highest BCUT2D eigenvalue weighted by atomic mass is 19.3. The van der Waals surface area contributed by atoms with Crippen LogP contribution in [0.1, 0.15) is 35.4 Å². The Morgan fingerprint density at radius 1 is 1.27 bits per heavy atom. The van der Waals surface area contributed by atoms with Crippen LogP contribution in [0.5, 0.6) is 0 Å². The predicted octanol–water partition coefficient (Wildman–Crippen LogP) is 4.22. The fourth-order valence-electron chi connectivity index (χ4n) is 3.96. The maximum Gasteiger partial charge on any atom is 0.270 e. The molecule has 0 saturated heterocycles. The van der Waals surface area contributed by atoms with Crippen LogP contribution in [0.2, 0.25) is 0 Å². The van der Waals surface area contributed by atoms with E-state index in [1.54, 1.807) is 16.7 Å². The molecule has 154 valence electrons. The van der Waals surface area contributed by atoms with Gasteiger partial charge in [-0.2, -0.15) is 0 Å². The first-order chi connectivity index (χ1) is 14.6. The Morgan fingerprint density at radius 2 is 2.13 bits per heavy atom. The smallest absolute Gasteiger partial charge is 0.270 e. The summed E-state index contributed by atoms with van der Waals surface area (Å²) in [4.78, 5) is 24.5. The van der Waals surface area contributed by atoms with Gasteiger partial charge in [0.05, 0.1) is 12.7 Å². The van der Waals surface area contributed by atoms with E-state index in [4.69, 9.17) is 4.98 Å². The Balaban J connectivity index is 1.47. The molecule has 0 aromatic carbocycles. The van der Waals surface area contributed by atoms with Crippen molar-refractivity contribution >= 4 is 22.6 Å². The van der Waals surface area contributed by atoms with Crippen LogP contribution in [-0.2, 0) is 6.42 Å². The third kappa shape index (κ3) is 3.42. The first-order valence-corrected chi connectivity index (χ1v) is 10.1. The number of rotatable bonds is 6. The van der Waals surface area contributed by atoms with Crippen LogP contribution in [0.4, 0.5) is 8.78 Å². The number of nitrogens with one attached hydrogen (secondary N) is 2. The molecule has 0 aliphatic heterocycles. The standard InChI is InChI=1S/C22H21F2N5O/c23-19(24)11-27-22(30)18-10-25-20-7-4-14(12-29(18)20)17-9-26-21-16(17)6-5-15(28-21)8-13-2-1-3-13/h4-7,9-10,12-13,19H,1-3,8,11H2,(H,26,28)(H,27,30). The van der Waals surface area contributed by atoms with E-state index in [9.17, 15) is 13.6 Å². The molecule has 5 rings (SSSR count). The van der Waals surface area contributed by atoms with Crippen molar-refractivity contribution in [3.63, 3.8) is 0 Å². The maximum atomic E-state index is 12.4. The van der Waals surface area contributed by atoms with Crippen LogP contribution in [0.3, 0.4) is 0 Å². The molecule has 2 N–H and O–H groups in total. The van der Waals surface area contributed by atoms with Crippen molar-refractivity contribution < 1.29 is 13.6 Å². The van der Waals surface area contributed by atoms with Crippen molar-refractivity contribution in [2.45, 2.75) is 32.1 Å². The molecular formula is C22H21F2N5O. The third-order valence-electron chi connectivity index (χ3n) is 5.79. The molecular weight excluding hydrogens is 388 g/mol. The average Bonchev–Trinajstić information content (AvgIpc) is 3.32. The lowest BCUT2D eigenvalue weighted by Crippen LogP contribution is -2.29. The summed E-state index contributed by atoms with van der Waals surface area (Å²) in [7, 11) is 0. The van der Waals surface area contributed by atoms with E-state index in [2.05, 4.69) is 27.4 Å². The van der Waals surface area contributed by atoms with Gasteiger partial charge in [0, 0.05) is 34.6 Å². The summed E-state index contributed by atoms with van der Waals surface area (Å²) in [6, 6.07) is 7.89. The highest BCUT2D eigenvalue weighted by molar-refractivity contribution is 5.95. The van der Waals surface area contributed by atoms with Crippen molar-refractivity contribution in [3.05, 3.63) is 54.2 Å². The summed E-state index contributed by atoms with van der Waals surface area (Å²) in [5.74, 6) is 0.170. The summed E-state index contributed by atoms with van der Waals surface area (Å²) in [5, 5.41) is 3.22. The van der Waals surface area contributed by atoms with Gasteiger partial charge in [-0.05, 0) is 36.6 Å². The number of aromatic amines is 1. The number of carbonyl (C=O) groups is 1. The quantitative estimate of drug-likeness (QED) is 0.501. The van der Waals surface area contributed by atoms with E-state index < -0.39 is 18.9 Å². The lowest BCUT2D eigenvalue weighted by molar-refractivity contribution is 0.0886. The molecule has 6 nitrogen and oxygen atoms in total.